The van der Waals surface area contributed by atoms with Crippen molar-refractivity contribution < 1.29 is 0 Å². The van der Waals surface area contributed by atoms with Crippen molar-refractivity contribution in [3.05, 3.63) is 18.2 Å². The highest BCUT2D eigenvalue weighted by Gasteiger charge is 2.22. The Labute approximate surface area is 110 Å². The quantitative estimate of drug-likeness (QED) is 0.840. The summed E-state index contributed by atoms with van der Waals surface area (Å²) < 4.78 is 2.35. The van der Waals surface area contributed by atoms with Crippen molar-refractivity contribution in [2.24, 2.45) is 0 Å². The molecule has 2 rings (SSSR count). The molecule has 2 heterocycles. The van der Waals surface area contributed by atoms with E-state index in [1.165, 1.54) is 18.5 Å². The Morgan fingerprint density at radius 2 is 2.28 bits per heavy atom. The summed E-state index contributed by atoms with van der Waals surface area (Å²) in [6, 6.07) is 0.997. The van der Waals surface area contributed by atoms with Gasteiger partial charge in [0, 0.05) is 24.8 Å². The van der Waals surface area contributed by atoms with E-state index < -0.39 is 0 Å². The minimum atomic E-state index is 0.491. The Morgan fingerprint density at radius 1 is 1.50 bits per heavy atom. The first-order valence-corrected chi connectivity index (χ1v) is 7.23. The molecule has 1 aromatic heterocycles. The van der Waals surface area contributed by atoms with Crippen LogP contribution in [0.3, 0.4) is 0 Å². The molecule has 4 heteroatoms. The van der Waals surface area contributed by atoms with Gasteiger partial charge in [0.2, 0.25) is 0 Å². The van der Waals surface area contributed by atoms with Gasteiger partial charge in [0.1, 0.15) is 0 Å². The first-order chi connectivity index (χ1) is 8.76. The second-order valence-corrected chi connectivity index (χ2v) is 5.21. The van der Waals surface area contributed by atoms with Crippen LogP contribution < -0.4 is 5.32 Å². The Morgan fingerprint density at radius 3 is 2.89 bits per heavy atom. The molecule has 0 spiro atoms. The van der Waals surface area contributed by atoms with Gasteiger partial charge in [0.25, 0.3) is 0 Å². The Balaban J connectivity index is 2.05. The van der Waals surface area contributed by atoms with E-state index in [0.717, 1.165) is 26.2 Å². The normalized spacial score (nSPS) is 21.7. The molecule has 18 heavy (non-hydrogen) atoms. The van der Waals surface area contributed by atoms with Gasteiger partial charge in [0.15, 0.2) is 0 Å². The highest BCUT2D eigenvalue weighted by Crippen LogP contribution is 2.25. The van der Waals surface area contributed by atoms with Crippen molar-refractivity contribution in [1.82, 2.24) is 19.8 Å². The van der Waals surface area contributed by atoms with Crippen molar-refractivity contribution >= 4 is 0 Å². The van der Waals surface area contributed by atoms with E-state index >= 15 is 0 Å². The summed E-state index contributed by atoms with van der Waals surface area (Å²) >= 11 is 0. The third-order valence-corrected chi connectivity index (χ3v) is 4.01. The van der Waals surface area contributed by atoms with E-state index in [1.807, 2.05) is 12.5 Å². The number of imidazole rings is 1. The number of likely N-dealkylation sites (N-methyl/N-ethyl adjacent to an activating group) is 1. The van der Waals surface area contributed by atoms with Crippen molar-refractivity contribution in [2.45, 2.75) is 45.7 Å². The standard InChI is InChI=1S/C14H26N4/c1-4-17(5-2)10-12(3)18-11-15-9-14(18)13-7-6-8-16-13/h9,11-13,16H,4-8,10H2,1-3H3/t12?,13-/m0/s1. The van der Waals surface area contributed by atoms with Gasteiger partial charge >= 0.3 is 0 Å². The van der Waals surface area contributed by atoms with Crippen LogP contribution >= 0.6 is 0 Å². The molecule has 1 fully saturated rings. The van der Waals surface area contributed by atoms with Crippen molar-refractivity contribution in [3.63, 3.8) is 0 Å². The largest absolute Gasteiger partial charge is 0.329 e. The maximum atomic E-state index is 4.35. The number of nitrogens with zero attached hydrogens (tertiary/aromatic N) is 3. The lowest BCUT2D eigenvalue weighted by molar-refractivity contribution is 0.257. The molecule has 1 aliphatic heterocycles. The van der Waals surface area contributed by atoms with E-state index in [-0.39, 0.29) is 0 Å². The van der Waals surface area contributed by atoms with Crippen LogP contribution in [-0.2, 0) is 0 Å². The van der Waals surface area contributed by atoms with Crippen LogP contribution in [0.4, 0.5) is 0 Å². The summed E-state index contributed by atoms with van der Waals surface area (Å²) in [6.45, 7) is 11.2. The molecule has 1 saturated heterocycles. The molecule has 1 aliphatic rings. The van der Waals surface area contributed by atoms with Gasteiger partial charge in [0.05, 0.1) is 12.0 Å². The lowest BCUT2D eigenvalue weighted by Gasteiger charge is -2.26. The first-order valence-electron chi connectivity index (χ1n) is 7.23. The highest BCUT2D eigenvalue weighted by atomic mass is 15.2. The predicted octanol–water partition coefficient (Wildman–Crippen LogP) is 2.21. The Kier molecular flexibility index (Phi) is 4.78. The third-order valence-electron chi connectivity index (χ3n) is 4.01. The molecular weight excluding hydrogens is 224 g/mol. The van der Waals surface area contributed by atoms with Crippen molar-refractivity contribution in [2.75, 3.05) is 26.2 Å². The van der Waals surface area contributed by atoms with Crippen LogP contribution in [0.5, 0.6) is 0 Å². The molecule has 1 unspecified atom stereocenters. The minimum absolute atomic E-state index is 0.491. The lowest BCUT2D eigenvalue weighted by Crippen LogP contribution is -2.30. The first kappa shape index (κ1) is 13.6. The Hall–Kier alpha value is -0.870. The monoisotopic (exact) mass is 250 g/mol. The SMILES string of the molecule is CCN(CC)CC(C)n1cncc1[C@@H]1CCCN1. The molecule has 0 aromatic carbocycles. The van der Waals surface area contributed by atoms with E-state index in [0.29, 0.717) is 12.1 Å². The number of nitrogens with one attached hydrogen (secondary N) is 1. The zero-order chi connectivity index (χ0) is 13.0. The molecule has 102 valence electrons. The fourth-order valence-corrected chi connectivity index (χ4v) is 2.83. The van der Waals surface area contributed by atoms with Gasteiger partial charge in [-0.05, 0) is 39.4 Å². The second-order valence-electron chi connectivity index (χ2n) is 5.21. The van der Waals surface area contributed by atoms with Crippen LogP contribution in [0, 0.1) is 0 Å². The van der Waals surface area contributed by atoms with Crippen LogP contribution in [0.25, 0.3) is 0 Å². The fraction of sp³-hybridized carbons (Fsp3) is 0.786. The van der Waals surface area contributed by atoms with E-state index in [2.05, 4.69) is 40.5 Å². The fourth-order valence-electron chi connectivity index (χ4n) is 2.83. The summed E-state index contributed by atoms with van der Waals surface area (Å²) in [5.41, 5.74) is 1.35. The summed E-state index contributed by atoms with van der Waals surface area (Å²) in [5, 5.41) is 3.56. The molecule has 1 N–H and O–H groups in total. The molecule has 0 radical (unpaired) electrons. The molecule has 1 aromatic rings. The van der Waals surface area contributed by atoms with Gasteiger partial charge in [-0.2, -0.15) is 0 Å². The topological polar surface area (TPSA) is 33.1 Å². The van der Waals surface area contributed by atoms with Crippen LogP contribution in [0.15, 0.2) is 12.5 Å². The zero-order valence-corrected chi connectivity index (χ0v) is 11.9. The molecule has 4 nitrogen and oxygen atoms in total. The summed E-state index contributed by atoms with van der Waals surface area (Å²) in [5.74, 6) is 0. The second kappa shape index (κ2) is 6.34. The van der Waals surface area contributed by atoms with Gasteiger partial charge in [-0.3, -0.25) is 0 Å². The van der Waals surface area contributed by atoms with Crippen LogP contribution in [0.1, 0.15) is 51.4 Å². The maximum Gasteiger partial charge on any atom is 0.0951 e. The summed E-state index contributed by atoms with van der Waals surface area (Å²) in [7, 11) is 0. The molecule has 0 saturated carbocycles. The highest BCUT2D eigenvalue weighted by molar-refractivity contribution is 5.08. The van der Waals surface area contributed by atoms with Crippen molar-refractivity contribution in [3.8, 4) is 0 Å². The molecular formula is C14H26N4. The summed E-state index contributed by atoms with van der Waals surface area (Å²) in [6.07, 6.45) is 6.54. The summed E-state index contributed by atoms with van der Waals surface area (Å²) in [4.78, 5) is 6.82. The van der Waals surface area contributed by atoms with E-state index in [9.17, 15) is 0 Å². The van der Waals surface area contributed by atoms with E-state index in [4.69, 9.17) is 0 Å². The van der Waals surface area contributed by atoms with Crippen molar-refractivity contribution in [1.29, 1.82) is 0 Å². The molecule has 0 aliphatic carbocycles. The Bertz CT molecular complexity index is 350. The van der Waals surface area contributed by atoms with Gasteiger partial charge in [-0.15, -0.1) is 0 Å². The molecule has 0 bridgehead atoms. The maximum absolute atomic E-state index is 4.35. The van der Waals surface area contributed by atoms with Crippen LogP contribution in [-0.4, -0.2) is 40.6 Å². The number of aromatic nitrogens is 2. The van der Waals surface area contributed by atoms with Gasteiger partial charge in [-0.25, -0.2) is 4.98 Å². The number of hydrogen-bond donors (Lipinski definition) is 1. The predicted molar refractivity (Wildman–Crippen MR) is 74.7 cm³/mol. The van der Waals surface area contributed by atoms with E-state index in [1.54, 1.807) is 0 Å². The number of rotatable bonds is 6. The number of hydrogen-bond acceptors (Lipinski definition) is 3. The average molecular weight is 250 g/mol. The van der Waals surface area contributed by atoms with Crippen LogP contribution in [0.2, 0.25) is 0 Å². The zero-order valence-electron chi connectivity index (χ0n) is 11.9. The smallest absolute Gasteiger partial charge is 0.0951 e. The minimum Gasteiger partial charge on any atom is -0.329 e. The van der Waals surface area contributed by atoms with Gasteiger partial charge in [-0.1, -0.05) is 13.8 Å². The lowest BCUT2D eigenvalue weighted by atomic mass is 10.1. The molecule has 2 atom stereocenters. The average Bonchev–Trinajstić information content (AvgIpc) is 3.04. The third kappa shape index (κ3) is 2.93. The van der Waals surface area contributed by atoms with Gasteiger partial charge < -0.3 is 14.8 Å². The molecule has 0 amide bonds.